The summed E-state index contributed by atoms with van der Waals surface area (Å²) in [6.45, 7) is 8.34. The predicted octanol–water partition coefficient (Wildman–Crippen LogP) is 0.975. The molecule has 0 aromatic carbocycles. The fraction of sp³-hybridized carbons (Fsp3) is 0.714. The largest absolute Gasteiger partial charge is 0.349 e. The van der Waals surface area contributed by atoms with E-state index in [4.69, 9.17) is 5.73 Å². The summed E-state index contributed by atoms with van der Waals surface area (Å²) in [6.07, 6.45) is 2.69. The van der Waals surface area contributed by atoms with Crippen LogP contribution in [-0.4, -0.2) is 44.1 Å². The van der Waals surface area contributed by atoms with Gasteiger partial charge in [-0.15, -0.1) is 0 Å². The lowest BCUT2D eigenvalue weighted by atomic mass is 10.2. The number of nitrogens with one attached hydrogen (secondary N) is 1. The zero-order chi connectivity index (χ0) is 16.0. The quantitative estimate of drug-likeness (QED) is 0.711. The molecule has 0 aliphatic carbocycles. The number of nitrogens with two attached hydrogens (primary N) is 1. The summed E-state index contributed by atoms with van der Waals surface area (Å²) in [4.78, 5) is 2.43. The highest BCUT2D eigenvalue weighted by atomic mass is 32.2. The van der Waals surface area contributed by atoms with Crippen molar-refractivity contribution < 1.29 is 8.42 Å². The summed E-state index contributed by atoms with van der Waals surface area (Å²) < 4.78 is 29.0. The van der Waals surface area contributed by atoms with Gasteiger partial charge in [-0.2, -0.15) is 0 Å². The third-order valence-corrected chi connectivity index (χ3v) is 5.35. The van der Waals surface area contributed by atoms with Gasteiger partial charge in [-0.1, -0.05) is 6.92 Å². The van der Waals surface area contributed by atoms with Crippen molar-refractivity contribution in [3.8, 4) is 0 Å². The second-order valence-corrected chi connectivity index (χ2v) is 7.06. The highest BCUT2D eigenvalue weighted by Crippen LogP contribution is 2.14. The summed E-state index contributed by atoms with van der Waals surface area (Å²) in [5.41, 5.74) is 6.46. The maximum Gasteiger partial charge on any atom is 0.242 e. The van der Waals surface area contributed by atoms with Gasteiger partial charge in [0.25, 0.3) is 0 Å². The molecule has 7 heteroatoms. The number of aromatic nitrogens is 1. The summed E-state index contributed by atoms with van der Waals surface area (Å²) in [5.74, 6) is 0. The Bertz CT molecular complexity index is 518. The van der Waals surface area contributed by atoms with Gasteiger partial charge in [0.05, 0.1) is 4.90 Å². The van der Waals surface area contributed by atoms with Crippen molar-refractivity contribution in [2.24, 2.45) is 5.73 Å². The molecule has 0 radical (unpaired) electrons. The van der Waals surface area contributed by atoms with Crippen molar-refractivity contribution >= 4 is 10.0 Å². The predicted molar refractivity (Wildman–Crippen MR) is 85.6 cm³/mol. The average Bonchev–Trinajstić information content (AvgIpc) is 2.90. The highest BCUT2D eigenvalue weighted by molar-refractivity contribution is 7.89. The maximum absolute atomic E-state index is 12.3. The molecule has 0 spiro atoms. The number of sulfonamides is 1. The van der Waals surface area contributed by atoms with Gasteiger partial charge in [0, 0.05) is 44.1 Å². The summed E-state index contributed by atoms with van der Waals surface area (Å²) in [7, 11) is -1.46. The minimum Gasteiger partial charge on any atom is -0.349 e. The third-order valence-electron chi connectivity index (χ3n) is 3.92. The first-order chi connectivity index (χ1) is 9.85. The molecule has 0 saturated heterocycles. The fourth-order valence-electron chi connectivity index (χ4n) is 2.11. The lowest BCUT2D eigenvalue weighted by Gasteiger charge is -2.23. The maximum atomic E-state index is 12.3. The number of hydrogen-bond acceptors (Lipinski definition) is 4. The normalized spacial score (nSPS) is 13.8. The first-order valence-corrected chi connectivity index (χ1v) is 8.93. The molecule has 0 aliphatic rings. The van der Waals surface area contributed by atoms with Crippen molar-refractivity contribution in [3.63, 3.8) is 0 Å². The summed E-state index contributed by atoms with van der Waals surface area (Å²) in [5, 5.41) is 0. The summed E-state index contributed by atoms with van der Waals surface area (Å²) >= 11 is 0. The van der Waals surface area contributed by atoms with E-state index in [1.54, 1.807) is 12.3 Å². The van der Waals surface area contributed by atoms with E-state index in [9.17, 15) is 8.42 Å². The van der Waals surface area contributed by atoms with E-state index >= 15 is 0 Å². The van der Waals surface area contributed by atoms with Crippen LogP contribution in [0.3, 0.4) is 0 Å². The molecule has 1 aromatic rings. The molecule has 0 fully saturated rings. The van der Waals surface area contributed by atoms with Gasteiger partial charge in [-0.25, -0.2) is 13.1 Å². The molecule has 6 nitrogen and oxygen atoms in total. The number of likely N-dealkylation sites (N-methyl/N-ethyl adjacent to an activating group) is 1. The number of rotatable bonds is 9. The van der Waals surface area contributed by atoms with Crippen LogP contribution in [0.5, 0.6) is 0 Å². The van der Waals surface area contributed by atoms with Crippen LogP contribution < -0.4 is 10.5 Å². The smallest absolute Gasteiger partial charge is 0.242 e. The summed E-state index contributed by atoms with van der Waals surface area (Å²) in [6, 6.07) is 2.09. The molecule has 1 aromatic heterocycles. The van der Waals surface area contributed by atoms with Crippen LogP contribution in [0.15, 0.2) is 17.2 Å². The van der Waals surface area contributed by atoms with E-state index in [0.717, 1.165) is 12.1 Å². The van der Waals surface area contributed by atoms with Crippen LogP contribution in [0.1, 0.15) is 32.9 Å². The van der Waals surface area contributed by atoms with Gasteiger partial charge in [0.15, 0.2) is 0 Å². The molecule has 122 valence electrons. The van der Waals surface area contributed by atoms with Crippen molar-refractivity contribution in [2.75, 3.05) is 20.1 Å². The van der Waals surface area contributed by atoms with E-state index in [-0.39, 0.29) is 4.90 Å². The van der Waals surface area contributed by atoms with Crippen LogP contribution in [0, 0.1) is 0 Å². The molecule has 0 bridgehead atoms. The average molecular weight is 316 g/mol. The van der Waals surface area contributed by atoms with Gasteiger partial charge in [0.1, 0.15) is 0 Å². The van der Waals surface area contributed by atoms with Crippen molar-refractivity contribution in [3.05, 3.63) is 18.0 Å². The van der Waals surface area contributed by atoms with E-state index < -0.39 is 10.0 Å². The molecule has 1 unspecified atom stereocenters. The molecule has 1 heterocycles. The van der Waals surface area contributed by atoms with Crippen LogP contribution in [0.4, 0.5) is 0 Å². The van der Waals surface area contributed by atoms with E-state index in [1.165, 1.54) is 0 Å². The first kappa shape index (κ1) is 18.2. The van der Waals surface area contributed by atoms with E-state index in [0.29, 0.717) is 32.2 Å². The molecule has 21 heavy (non-hydrogen) atoms. The number of hydrogen-bond donors (Lipinski definition) is 2. The van der Waals surface area contributed by atoms with Crippen molar-refractivity contribution in [2.45, 2.75) is 51.2 Å². The molecule has 3 N–H and O–H groups in total. The van der Waals surface area contributed by atoms with Crippen molar-refractivity contribution in [1.82, 2.24) is 14.2 Å². The Morgan fingerprint density at radius 2 is 2.10 bits per heavy atom. The molecule has 0 saturated carbocycles. The van der Waals surface area contributed by atoms with E-state index in [1.807, 2.05) is 18.5 Å². The molecule has 0 aliphatic heterocycles. The fourth-order valence-corrected chi connectivity index (χ4v) is 3.19. The van der Waals surface area contributed by atoms with Crippen molar-refractivity contribution in [1.29, 1.82) is 0 Å². The van der Waals surface area contributed by atoms with Gasteiger partial charge in [0.2, 0.25) is 10.0 Å². The second kappa shape index (κ2) is 7.93. The Kier molecular flexibility index (Phi) is 6.86. The Morgan fingerprint density at radius 3 is 2.57 bits per heavy atom. The SMILES string of the molecule is CCC(C)N(C)CCNS(=O)(=O)c1cc(CN)n(CC)c1. The Morgan fingerprint density at radius 1 is 1.43 bits per heavy atom. The van der Waals surface area contributed by atoms with Crippen LogP contribution in [-0.2, 0) is 23.1 Å². The number of nitrogens with zero attached hydrogens (tertiary/aromatic N) is 2. The molecule has 1 rings (SSSR count). The highest BCUT2D eigenvalue weighted by Gasteiger charge is 2.17. The third kappa shape index (κ3) is 4.81. The van der Waals surface area contributed by atoms with Gasteiger partial charge >= 0.3 is 0 Å². The first-order valence-electron chi connectivity index (χ1n) is 7.44. The molecular weight excluding hydrogens is 288 g/mol. The standard InChI is InChI=1S/C14H28N4O2S/c1-5-12(3)17(4)8-7-16-21(19,20)14-9-13(10-15)18(6-2)11-14/h9,11-12,16H,5-8,10,15H2,1-4H3. The van der Waals surface area contributed by atoms with Crippen LogP contribution >= 0.6 is 0 Å². The Hall–Kier alpha value is -0.890. The minimum absolute atomic E-state index is 0.288. The monoisotopic (exact) mass is 316 g/mol. The van der Waals surface area contributed by atoms with Gasteiger partial charge in [-0.3, -0.25) is 0 Å². The van der Waals surface area contributed by atoms with E-state index in [2.05, 4.69) is 23.5 Å². The van der Waals surface area contributed by atoms with Crippen LogP contribution in [0.25, 0.3) is 0 Å². The zero-order valence-corrected chi connectivity index (χ0v) is 14.3. The minimum atomic E-state index is -3.46. The lowest BCUT2D eigenvalue weighted by Crippen LogP contribution is -2.36. The Balaban J connectivity index is 2.67. The lowest BCUT2D eigenvalue weighted by molar-refractivity contribution is 0.256. The zero-order valence-electron chi connectivity index (χ0n) is 13.5. The topological polar surface area (TPSA) is 80.4 Å². The number of aryl methyl sites for hydroxylation is 1. The molecule has 0 amide bonds. The second-order valence-electron chi connectivity index (χ2n) is 5.29. The molecular formula is C14H28N4O2S. The van der Waals surface area contributed by atoms with Gasteiger partial charge < -0.3 is 15.2 Å². The van der Waals surface area contributed by atoms with Crippen LogP contribution in [0.2, 0.25) is 0 Å². The molecule has 1 atom stereocenters. The van der Waals surface area contributed by atoms with Gasteiger partial charge in [-0.05, 0) is 33.4 Å². The Labute approximate surface area is 128 Å².